The molecule has 1 aliphatic heterocycles. The molecule has 0 aliphatic carbocycles. The summed E-state index contributed by atoms with van der Waals surface area (Å²) in [5, 5.41) is 11.9. The number of hydrogen-bond acceptors (Lipinski definition) is 5. The van der Waals surface area contributed by atoms with Crippen LogP contribution < -0.4 is 5.32 Å². The first-order chi connectivity index (χ1) is 17.9. The number of rotatable bonds is 5. The number of nitriles is 1. The van der Waals surface area contributed by atoms with Gasteiger partial charge in [-0.2, -0.15) is 18.4 Å². The van der Waals surface area contributed by atoms with E-state index in [2.05, 4.69) is 15.3 Å². The molecule has 1 aromatic carbocycles. The first-order valence-electron chi connectivity index (χ1n) is 11.3. The molecule has 1 atom stereocenters. The van der Waals surface area contributed by atoms with Crippen LogP contribution in [-0.4, -0.2) is 51.7 Å². The summed E-state index contributed by atoms with van der Waals surface area (Å²) >= 11 is 0. The summed E-state index contributed by atoms with van der Waals surface area (Å²) in [5.41, 5.74) is 1.43. The van der Waals surface area contributed by atoms with Gasteiger partial charge in [0, 0.05) is 24.2 Å². The number of likely N-dealkylation sites (tertiary alicyclic amines) is 1. The fraction of sp³-hybridized carbons (Fsp3) is 0.269. The highest BCUT2D eigenvalue weighted by Crippen LogP contribution is 2.32. The minimum absolute atomic E-state index is 0.178. The van der Waals surface area contributed by atoms with E-state index in [0.29, 0.717) is 27.6 Å². The summed E-state index contributed by atoms with van der Waals surface area (Å²) in [4.78, 5) is 33.8. The predicted octanol–water partition coefficient (Wildman–Crippen LogP) is 4.70. The van der Waals surface area contributed by atoms with E-state index >= 15 is 0 Å². The molecule has 1 aliphatic rings. The van der Waals surface area contributed by atoms with Gasteiger partial charge < -0.3 is 10.2 Å². The highest BCUT2D eigenvalue weighted by atomic mass is 19.4. The Morgan fingerprint density at radius 3 is 2.63 bits per heavy atom. The Morgan fingerprint density at radius 2 is 1.97 bits per heavy atom. The number of halogens is 5. The first-order valence-corrected chi connectivity index (χ1v) is 11.3. The number of nitrogens with one attached hydrogen (secondary N) is 1. The molecule has 2 amide bonds. The van der Waals surface area contributed by atoms with E-state index in [1.165, 1.54) is 18.3 Å². The van der Waals surface area contributed by atoms with Crippen molar-refractivity contribution in [1.82, 2.24) is 20.2 Å². The molecule has 12 heteroatoms. The largest absolute Gasteiger partial charge is 0.433 e. The Kier molecular flexibility index (Phi) is 7.13. The summed E-state index contributed by atoms with van der Waals surface area (Å²) in [5.74, 6) is -4.61. The number of benzene rings is 1. The van der Waals surface area contributed by atoms with Crippen LogP contribution in [0.15, 0.2) is 48.8 Å². The van der Waals surface area contributed by atoms with Crippen molar-refractivity contribution in [3.05, 3.63) is 71.2 Å². The summed E-state index contributed by atoms with van der Waals surface area (Å²) in [7, 11) is 0. The summed E-state index contributed by atoms with van der Waals surface area (Å²) < 4.78 is 65.6. The summed E-state index contributed by atoms with van der Waals surface area (Å²) in [6.07, 6.45) is -1.14. The van der Waals surface area contributed by atoms with Crippen LogP contribution in [0.5, 0.6) is 0 Å². The molecule has 0 saturated carbocycles. The number of alkyl halides is 5. The lowest BCUT2D eigenvalue weighted by Crippen LogP contribution is -2.43. The number of fused-ring (bicyclic) bond motifs is 1. The maximum Gasteiger partial charge on any atom is 0.433 e. The zero-order valence-electron chi connectivity index (χ0n) is 19.9. The first kappa shape index (κ1) is 26.7. The van der Waals surface area contributed by atoms with Crippen molar-refractivity contribution in [3.63, 3.8) is 0 Å². The van der Waals surface area contributed by atoms with Crippen molar-refractivity contribution in [2.75, 3.05) is 13.1 Å². The maximum absolute atomic E-state index is 13.6. The van der Waals surface area contributed by atoms with E-state index in [-0.39, 0.29) is 5.56 Å². The van der Waals surface area contributed by atoms with Crippen LogP contribution in [0.2, 0.25) is 0 Å². The number of carbonyl (C=O) groups is 2. The lowest BCUT2D eigenvalue weighted by molar-refractivity contribution is -0.141. The fourth-order valence-electron chi connectivity index (χ4n) is 4.13. The second kappa shape index (κ2) is 10.2. The Labute approximate surface area is 213 Å². The quantitative estimate of drug-likeness (QED) is 0.484. The van der Waals surface area contributed by atoms with E-state index < -0.39 is 55.2 Å². The summed E-state index contributed by atoms with van der Waals surface area (Å²) in [6.45, 7) is 0.281. The fourth-order valence-corrected chi connectivity index (χ4v) is 4.13. The van der Waals surface area contributed by atoms with Gasteiger partial charge in [-0.1, -0.05) is 12.1 Å². The standard InChI is InChI=1S/C26H20F5N5O2/c1-15(8-16-2-5-22(34-12-16)26(29,30)31)17-3-4-21-20(9-17)19(6-7-33-21)24(38)35-13-23(37)36-14-25(27,28)10-18(36)11-32/h2-9,12,18H,10,13-14H2,1H3,(H,35,38). The molecule has 1 saturated heterocycles. The number of pyridine rings is 2. The smallest absolute Gasteiger partial charge is 0.343 e. The van der Waals surface area contributed by atoms with Gasteiger partial charge in [-0.05, 0) is 54.0 Å². The Balaban J connectivity index is 1.53. The summed E-state index contributed by atoms with van der Waals surface area (Å²) in [6, 6.07) is 9.11. The van der Waals surface area contributed by atoms with Gasteiger partial charge in [0.15, 0.2) is 0 Å². The van der Waals surface area contributed by atoms with Gasteiger partial charge in [-0.3, -0.25) is 19.6 Å². The van der Waals surface area contributed by atoms with E-state index in [1.807, 2.05) is 0 Å². The van der Waals surface area contributed by atoms with Crippen LogP contribution in [-0.2, 0) is 11.0 Å². The van der Waals surface area contributed by atoms with Crippen molar-refractivity contribution >= 4 is 34.4 Å². The number of aromatic nitrogens is 2. The van der Waals surface area contributed by atoms with Crippen molar-refractivity contribution in [1.29, 1.82) is 5.26 Å². The minimum Gasteiger partial charge on any atom is -0.343 e. The third-order valence-electron chi connectivity index (χ3n) is 6.04. The Hall–Kier alpha value is -4.40. The maximum atomic E-state index is 13.6. The van der Waals surface area contributed by atoms with E-state index in [1.54, 1.807) is 37.3 Å². The lowest BCUT2D eigenvalue weighted by atomic mass is 10.00. The molecule has 7 nitrogen and oxygen atoms in total. The topological polar surface area (TPSA) is 99.0 Å². The van der Waals surface area contributed by atoms with E-state index in [4.69, 9.17) is 5.26 Å². The van der Waals surface area contributed by atoms with Crippen LogP contribution in [0, 0.1) is 11.3 Å². The number of nitrogens with zero attached hydrogens (tertiary/aromatic N) is 4. The Morgan fingerprint density at radius 1 is 1.21 bits per heavy atom. The van der Waals surface area contributed by atoms with E-state index in [0.717, 1.165) is 17.2 Å². The highest BCUT2D eigenvalue weighted by Gasteiger charge is 2.47. The normalized spacial score (nSPS) is 17.3. The second-order valence-electron chi connectivity index (χ2n) is 8.80. The second-order valence-corrected chi connectivity index (χ2v) is 8.80. The van der Waals surface area contributed by atoms with Crippen molar-refractivity contribution < 1.29 is 31.5 Å². The monoisotopic (exact) mass is 529 g/mol. The minimum atomic E-state index is -4.54. The van der Waals surface area contributed by atoms with Gasteiger partial charge in [-0.25, -0.2) is 8.78 Å². The van der Waals surface area contributed by atoms with Gasteiger partial charge in [0.05, 0.1) is 30.2 Å². The van der Waals surface area contributed by atoms with E-state index in [9.17, 15) is 31.5 Å². The SMILES string of the molecule is CC(=Cc1ccc(C(F)(F)F)nc1)c1ccc2nccc(C(=O)NCC(=O)N3CC(F)(F)CC3C#N)c2c1. The molecule has 3 heterocycles. The average molecular weight is 529 g/mol. The third-order valence-corrected chi connectivity index (χ3v) is 6.04. The van der Waals surface area contributed by atoms with Crippen LogP contribution in [0.3, 0.4) is 0 Å². The lowest BCUT2D eigenvalue weighted by Gasteiger charge is -2.19. The molecule has 0 radical (unpaired) electrons. The number of allylic oxidation sites excluding steroid dienone is 1. The molecular formula is C26H20F5N5O2. The molecule has 2 aromatic heterocycles. The van der Waals surface area contributed by atoms with Crippen molar-refractivity contribution in [3.8, 4) is 6.07 Å². The molecule has 0 spiro atoms. The van der Waals surface area contributed by atoms with Gasteiger partial charge in [0.2, 0.25) is 5.91 Å². The van der Waals surface area contributed by atoms with Crippen molar-refractivity contribution in [2.45, 2.75) is 31.5 Å². The zero-order valence-corrected chi connectivity index (χ0v) is 19.9. The molecule has 1 unspecified atom stereocenters. The molecule has 1 fully saturated rings. The van der Waals surface area contributed by atoms with Crippen molar-refractivity contribution in [2.24, 2.45) is 0 Å². The van der Waals surface area contributed by atoms with Crippen LogP contribution in [0.1, 0.15) is 40.5 Å². The number of hydrogen-bond donors (Lipinski definition) is 1. The van der Waals surface area contributed by atoms with Gasteiger partial charge in [0.25, 0.3) is 11.8 Å². The molecular weight excluding hydrogens is 509 g/mol. The molecule has 3 aromatic rings. The zero-order chi connectivity index (χ0) is 27.7. The third kappa shape index (κ3) is 5.77. The average Bonchev–Trinajstić information content (AvgIpc) is 3.20. The molecule has 1 N–H and O–H groups in total. The van der Waals surface area contributed by atoms with Crippen LogP contribution in [0.25, 0.3) is 22.6 Å². The number of amides is 2. The van der Waals surface area contributed by atoms with Crippen LogP contribution in [0.4, 0.5) is 22.0 Å². The molecule has 196 valence electrons. The van der Waals surface area contributed by atoms with Gasteiger partial charge in [-0.15, -0.1) is 0 Å². The molecule has 38 heavy (non-hydrogen) atoms. The molecule has 0 bridgehead atoms. The highest BCUT2D eigenvalue weighted by molar-refractivity contribution is 6.07. The molecule has 4 rings (SSSR count). The van der Waals surface area contributed by atoms with Gasteiger partial charge >= 0.3 is 6.18 Å². The van der Waals surface area contributed by atoms with Gasteiger partial charge in [0.1, 0.15) is 11.7 Å². The predicted molar refractivity (Wildman–Crippen MR) is 128 cm³/mol. The number of carbonyl (C=O) groups excluding carboxylic acids is 2. The van der Waals surface area contributed by atoms with Crippen LogP contribution >= 0.6 is 0 Å². The Bertz CT molecular complexity index is 1460.